The van der Waals surface area contributed by atoms with Crippen LogP contribution in [0.5, 0.6) is 0 Å². The van der Waals surface area contributed by atoms with Gasteiger partial charge in [0.1, 0.15) is 0 Å². The first-order chi connectivity index (χ1) is 9.70. The predicted molar refractivity (Wildman–Crippen MR) is 80.9 cm³/mol. The summed E-state index contributed by atoms with van der Waals surface area (Å²) in [5.41, 5.74) is 2.61. The van der Waals surface area contributed by atoms with E-state index in [4.69, 9.17) is 4.74 Å². The molecule has 4 heteroatoms. The minimum absolute atomic E-state index is 0.0978. The van der Waals surface area contributed by atoms with Crippen LogP contribution in [0.2, 0.25) is 0 Å². The van der Waals surface area contributed by atoms with Gasteiger partial charge in [0.25, 0.3) is 0 Å². The molecule has 1 saturated heterocycles. The molecule has 0 amide bonds. The molecule has 2 atom stereocenters. The molecule has 1 aromatic carbocycles. The zero-order valence-electron chi connectivity index (χ0n) is 12.5. The van der Waals surface area contributed by atoms with Gasteiger partial charge in [-0.3, -0.25) is 4.90 Å². The smallest absolute Gasteiger partial charge is 0.0594 e. The van der Waals surface area contributed by atoms with Crippen molar-refractivity contribution in [2.24, 2.45) is 0 Å². The van der Waals surface area contributed by atoms with Crippen LogP contribution in [0.1, 0.15) is 24.1 Å². The Balaban J connectivity index is 2.09. The van der Waals surface area contributed by atoms with Gasteiger partial charge in [0.2, 0.25) is 0 Å². The van der Waals surface area contributed by atoms with E-state index in [0.29, 0.717) is 0 Å². The highest BCUT2D eigenvalue weighted by atomic mass is 16.5. The van der Waals surface area contributed by atoms with Crippen LogP contribution in [-0.2, 0) is 4.74 Å². The van der Waals surface area contributed by atoms with Crippen molar-refractivity contribution < 1.29 is 9.84 Å². The SMILES string of the molecule is Cc1ccccc1[C@H](CN1CCOCC1)N[C@@H](C)CO. The summed E-state index contributed by atoms with van der Waals surface area (Å²) >= 11 is 0. The molecular formula is C16H26N2O2. The maximum absolute atomic E-state index is 9.31. The Bertz CT molecular complexity index is 405. The number of aliphatic hydroxyl groups excluding tert-OH is 1. The number of ether oxygens (including phenoxy) is 1. The summed E-state index contributed by atoms with van der Waals surface area (Å²) in [7, 11) is 0. The van der Waals surface area contributed by atoms with Gasteiger partial charge in [-0.1, -0.05) is 24.3 Å². The number of benzene rings is 1. The fraction of sp³-hybridized carbons (Fsp3) is 0.625. The molecule has 2 rings (SSSR count). The summed E-state index contributed by atoms with van der Waals surface area (Å²) in [4.78, 5) is 2.43. The highest BCUT2D eigenvalue weighted by molar-refractivity contribution is 5.29. The van der Waals surface area contributed by atoms with E-state index in [-0.39, 0.29) is 18.7 Å². The maximum Gasteiger partial charge on any atom is 0.0594 e. The number of aryl methyl sites for hydroxylation is 1. The lowest BCUT2D eigenvalue weighted by Crippen LogP contribution is -2.44. The van der Waals surface area contributed by atoms with Gasteiger partial charge in [0, 0.05) is 31.7 Å². The third-order valence-electron chi connectivity index (χ3n) is 3.87. The molecule has 2 N–H and O–H groups in total. The number of hydrogen-bond acceptors (Lipinski definition) is 4. The molecule has 0 aromatic heterocycles. The van der Waals surface area contributed by atoms with E-state index < -0.39 is 0 Å². The topological polar surface area (TPSA) is 44.7 Å². The van der Waals surface area contributed by atoms with E-state index in [1.807, 2.05) is 6.92 Å². The zero-order valence-corrected chi connectivity index (χ0v) is 12.5. The summed E-state index contributed by atoms with van der Waals surface area (Å²) < 4.78 is 5.41. The second-order valence-electron chi connectivity index (χ2n) is 5.57. The van der Waals surface area contributed by atoms with E-state index in [0.717, 1.165) is 32.8 Å². The lowest BCUT2D eigenvalue weighted by atomic mass is 10.00. The number of rotatable bonds is 6. The highest BCUT2D eigenvalue weighted by Crippen LogP contribution is 2.20. The molecule has 4 nitrogen and oxygen atoms in total. The van der Waals surface area contributed by atoms with Gasteiger partial charge in [-0.05, 0) is 25.0 Å². The fourth-order valence-electron chi connectivity index (χ4n) is 2.66. The number of hydrogen-bond donors (Lipinski definition) is 2. The second-order valence-corrected chi connectivity index (χ2v) is 5.57. The molecule has 0 saturated carbocycles. The van der Waals surface area contributed by atoms with Crippen molar-refractivity contribution in [3.63, 3.8) is 0 Å². The molecule has 0 bridgehead atoms. The Kier molecular flexibility index (Phi) is 5.98. The first kappa shape index (κ1) is 15.4. The van der Waals surface area contributed by atoms with Crippen molar-refractivity contribution in [2.45, 2.75) is 25.9 Å². The zero-order chi connectivity index (χ0) is 14.4. The summed E-state index contributed by atoms with van der Waals surface area (Å²) in [5.74, 6) is 0. The Morgan fingerprint density at radius 3 is 2.65 bits per heavy atom. The number of aliphatic hydroxyl groups is 1. The molecule has 0 aliphatic carbocycles. The molecule has 112 valence electrons. The van der Waals surface area contributed by atoms with Gasteiger partial charge in [0.05, 0.1) is 19.8 Å². The van der Waals surface area contributed by atoms with Crippen molar-refractivity contribution in [2.75, 3.05) is 39.5 Å². The molecule has 1 aliphatic heterocycles. The third kappa shape index (κ3) is 4.28. The molecule has 1 heterocycles. The van der Waals surface area contributed by atoms with Crippen LogP contribution < -0.4 is 5.32 Å². The summed E-state index contributed by atoms with van der Waals surface area (Å²) in [5, 5.41) is 12.8. The largest absolute Gasteiger partial charge is 0.395 e. The van der Waals surface area contributed by atoms with Crippen LogP contribution in [0.15, 0.2) is 24.3 Å². The molecule has 1 aliphatic rings. The van der Waals surface area contributed by atoms with E-state index in [2.05, 4.69) is 41.4 Å². The Hall–Kier alpha value is -0.940. The van der Waals surface area contributed by atoms with Crippen molar-refractivity contribution in [1.82, 2.24) is 10.2 Å². The Morgan fingerprint density at radius 1 is 1.30 bits per heavy atom. The van der Waals surface area contributed by atoms with Gasteiger partial charge in [-0.15, -0.1) is 0 Å². The number of nitrogens with zero attached hydrogens (tertiary/aromatic N) is 1. The lowest BCUT2D eigenvalue weighted by molar-refractivity contribution is 0.0324. The first-order valence-electron chi connectivity index (χ1n) is 7.43. The second kappa shape index (κ2) is 7.74. The van der Waals surface area contributed by atoms with Gasteiger partial charge in [-0.2, -0.15) is 0 Å². The average Bonchev–Trinajstić information content (AvgIpc) is 2.48. The summed E-state index contributed by atoms with van der Waals surface area (Å²) in [6.45, 7) is 8.88. The van der Waals surface area contributed by atoms with Gasteiger partial charge >= 0.3 is 0 Å². The highest BCUT2D eigenvalue weighted by Gasteiger charge is 2.20. The maximum atomic E-state index is 9.31. The van der Waals surface area contributed by atoms with Crippen LogP contribution in [-0.4, -0.2) is 55.5 Å². The summed E-state index contributed by atoms with van der Waals surface area (Å²) in [6, 6.07) is 8.82. The molecule has 0 radical (unpaired) electrons. The quantitative estimate of drug-likeness (QED) is 0.824. The molecule has 1 aromatic rings. The Morgan fingerprint density at radius 2 is 2.00 bits per heavy atom. The lowest BCUT2D eigenvalue weighted by Gasteiger charge is -2.33. The van der Waals surface area contributed by atoms with E-state index in [1.54, 1.807) is 0 Å². The van der Waals surface area contributed by atoms with Crippen molar-refractivity contribution in [3.05, 3.63) is 35.4 Å². The number of morpholine rings is 1. The molecule has 20 heavy (non-hydrogen) atoms. The predicted octanol–water partition coefficient (Wildman–Crippen LogP) is 1.34. The molecule has 0 spiro atoms. The van der Waals surface area contributed by atoms with Crippen LogP contribution in [0.3, 0.4) is 0 Å². The Labute approximate surface area is 121 Å². The van der Waals surface area contributed by atoms with Crippen LogP contribution >= 0.6 is 0 Å². The van der Waals surface area contributed by atoms with Gasteiger partial charge in [0.15, 0.2) is 0 Å². The average molecular weight is 278 g/mol. The molecular weight excluding hydrogens is 252 g/mol. The first-order valence-corrected chi connectivity index (χ1v) is 7.43. The van der Waals surface area contributed by atoms with Crippen molar-refractivity contribution in [3.8, 4) is 0 Å². The minimum Gasteiger partial charge on any atom is -0.395 e. The van der Waals surface area contributed by atoms with E-state index >= 15 is 0 Å². The molecule has 1 fully saturated rings. The van der Waals surface area contributed by atoms with E-state index in [9.17, 15) is 5.11 Å². The van der Waals surface area contributed by atoms with E-state index in [1.165, 1.54) is 11.1 Å². The fourth-order valence-corrected chi connectivity index (χ4v) is 2.66. The van der Waals surface area contributed by atoms with Crippen molar-refractivity contribution >= 4 is 0 Å². The van der Waals surface area contributed by atoms with Gasteiger partial charge in [-0.25, -0.2) is 0 Å². The standard InChI is InChI=1S/C16H26N2O2/c1-13-5-3-4-6-15(13)16(17-14(2)12-19)11-18-7-9-20-10-8-18/h3-6,14,16-17,19H,7-12H2,1-2H3/t14-,16-/m0/s1. The van der Waals surface area contributed by atoms with Crippen LogP contribution in [0.4, 0.5) is 0 Å². The summed E-state index contributed by atoms with van der Waals surface area (Å²) in [6.07, 6.45) is 0. The number of nitrogens with one attached hydrogen (secondary N) is 1. The van der Waals surface area contributed by atoms with Crippen LogP contribution in [0, 0.1) is 6.92 Å². The van der Waals surface area contributed by atoms with Gasteiger partial charge < -0.3 is 15.2 Å². The van der Waals surface area contributed by atoms with Crippen LogP contribution in [0.25, 0.3) is 0 Å². The third-order valence-corrected chi connectivity index (χ3v) is 3.87. The molecule has 0 unspecified atom stereocenters. The normalized spacial score (nSPS) is 19.8. The minimum atomic E-state index is 0.0978. The van der Waals surface area contributed by atoms with Crippen molar-refractivity contribution in [1.29, 1.82) is 0 Å². The monoisotopic (exact) mass is 278 g/mol.